The summed E-state index contributed by atoms with van der Waals surface area (Å²) >= 11 is 12.1. The summed E-state index contributed by atoms with van der Waals surface area (Å²) in [5, 5.41) is 11.4. The Labute approximate surface area is 127 Å². The number of hydrogen-bond acceptors (Lipinski definition) is 2. The topological polar surface area (TPSA) is 29.5 Å². The van der Waals surface area contributed by atoms with E-state index in [1.807, 2.05) is 30.3 Å². The van der Waals surface area contributed by atoms with E-state index in [-0.39, 0.29) is 5.92 Å². The van der Waals surface area contributed by atoms with Gasteiger partial charge >= 0.3 is 0 Å². The standard InChI is InChI=1S/C16H14Cl2O2/c1-20-15-4-2-3-10-11(8-14(19)16(10)15)9-5-6-12(17)13(18)7-9/h2-7,11,14,19H,8H2,1H3/t11-,14-/m1/s1. The molecule has 2 nitrogen and oxygen atoms in total. The smallest absolute Gasteiger partial charge is 0.124 e. The van der Waals surface area contributed by atoms with Gasteiger partial charge in [-0.05, 0) is 35.7 Å². The van der Waals surface area contributed by atoms with Crippen LogP contribution in [0.3, 0.4) is 0 Å². The molecule has 3 rings (SSSR count). The number of rotatable bonds is 2. The van der Waals surface area contributed by atoms with Crippen LogP contribution in [-0.4, -0.2) is 12.2 Å². The highest BCUT2D eigenvalue weighted by Gasteiger charge is 2.33. The van der Waals surface area contributed by atoms with Crippen LogP contribution in [0.25, 0.3) is 0 Å². The summed E-state index contributed by atoms with van der Waals surface area (Å²) in [4.78, 5) is 0. The zero-order chi connectivity index (χ0) is 14.3. The van der Waals surface area contributed by atoms with Gasteiger partial charge in [-0.1, -0.05) is 41.4 Å². The first-order valence-corrected chi connectivity index (χ1v) is 7.17. The average molecular weight is 309 g/mol. The van der Waals surface area contributed by atoms with Gasteiger partial charge in [0.05, 0.1) is 23.3 Å². The van der Waals surface area contributed by atoms with Crippen molar-refractivity contribution in [2.75, 3.05) is 7.11 Å². The van der Waals surface area contributed by atoms with Crippen LogP contribution < -0.4 is 4.74 Å². The fraction of sp³-hybridized carbons (Fsp3) is 0.250. The third kappa shape index (κ3) is 2.18. The molecule has 0 fully saturated rings. The van der Waals surface area contributed by atoms with Gasteiger partial charge in [-0.3, -0.25) is 0 Å². The molecule has 2 atom stereocenters. The monoisotopic (exact) mass is 308 g/mol. The molecule has 0 amide bonds. The Hall–Kier alpha value is -1.22. The van der Waals surface area contributed by atoms with Crippen molar-refractivity contribution in [1.29, 1.82) is 0 Å². The van der Waals surface area contributed by atoms with E-state index in [1.54, 1.807) is 13.2 Å². The Morgan fingerprint density at radius 2 is 1.95 bits per heavy atom. The van der Waals surface area contributed by atoms with E-state index in [0.717, 1.165) is 22.4 Å². The Morgan fingerprint density at radius 1 is 1.15 bits per heavy atom. The third-order valence-electron chi connectivity index (χ3n) is 3.83. The predicted octanol–water partition coefficient (Wildman–Crippen LogP) is 4.57. The molecule has 0 unspecified atom stereocenters. The quantitative estimate of drug-likeness (QED) is 0.880. The summed E-state index contributed by atoms with van der Waals surface area (Å²) < 4.78 is 5.35. The molecule has 0 saturated heterocycles. The van der Waals surface area contributed by atoms with Crippen molar-refractivity contribution in [2.24, 2.45) is 0 Å². The van der Waals surface area contributed by atoms with E-state index in [9.17, 15) is 5.11 Å². The number of ether oxygens (including phenoxy) is 1. The molecule has 0 spiro atoms. The highest BCUT2D eigenvalue weighted by atomic mass is 35.5. The maximum Gasteiger partial charge on any atom is 0.124 e. The van der Waals surface area contributed by atoms with Gasteiger partial charge in [0.15, 0.2) is 0 Å². The number of fused-ring (bicyclic) bond motifs is 1. The van der Waals surface area contributed by atoms with Crippen LogP contribution in [0.2, 0.25) is 10.0 Å². The lowest BCUT2D eigenvalue weighted by molar-refractivity contribution is 0.172. The Kier molecular flexibility index (Phi) is 3.63. The van der Waals surface area contributed by atoms with E-state index in [1.165, 1.54) is 0 Å². The second-order valence-electron chi connectivity index (χ2n) is 4.94. The van der Waals surface area contributed by atoms with E-state index >= 15 is 0 Å². The molecule has 20 heavy (non-hydrogen) atoms. The van der Waals surface area contributed by atoms with E-state index < -0.39 is 6.10 Å². The zero-order valence-corrected chi connectivity index (χ0v) is 12.4. The minimum atomic E-state index is -0.513. The largest absolute Gasteiger partial charge is 0.496 e. The summed E-state index contributed by atoms with van der Waals surface area (Å²) in [7, 11) is 1.62. The maximum absolute atomic E-state index is 10.3. The average Bonchev–Trinajstić information content (AvgIpc) is 2.79. The lowest BCUT2D eigenvalue weighted by atomic mass is 9.93. The molecule has 1 aliphatic carbocycles. The molecule has 0 radical (unpaired) electrons. The van der Waals surface area contributed by atoms with Crippen molar-refractivity contribution in [3.63, 3.8) is 0 Å². The zero-order valence-electron chi connectivity index (χ0n) is 10.9. The highest BCUT2D eigenvalue weighted by molar-refractivity contribution is 6.42. The normalized spacial score (nSPS) is 20.8. The number of halogens is 2. The van der Waals surface area contributed by atoms with Crippen LogP contribution in [0.5, 0.6) is 5.75 Å². The van der Waals surface area contributed by atoms with E-state index in [2.05, 4.69) is 0 Å². The summed E-state index contributed by atoms with van der Waals surface area (Å²) in [6.07, 6.45) is 0.119. The SMILES string of the molecule is COc1cccc2c1[C@H](O)C[C@@H]2c1ccc(Cl)c(Cl)c1. The molecule has 104 valence electrons. The van der Waals surface area contributed by atoms with Gasteiger partial charge in [0.1, 0.15) is 5.75 Å². The first-order valence-electron chi connectivity index (χ1n) is 6.41. The van der Waals surface area contributed by atoms with E-state index in [4.69, 9.17) is 27.9 Å². The fourth-order valence-electron chi connectivity index (χ4n) is 2.91. The molecule has 2 aromatic carbocycles. The molecular weight excluding hydrogens is 295 g/mol. The number of methoxy groups -OCH3 is 1. The Morgan fingerprint density at radius 3 is 2.65 bits per heavy atom. The molecule has 1 aliphatic rings. The van der Waals surface area contributed by atoms with Gasteiger partial charge in [0, 0.05) is 11.5 Å². The Balaban J connectivity index is 2.09. The first kappa shape index (κ1) is 13.7. The van der Waals surface area contributed by atoms with Crippen molar-refractivity contribution in [3.05, 3.63) is 63.1 Å². The van der Waals surface area contributed by atoms with Crippen LogP contribution in [0.4, 0.5) is 0 Å². The molecule has 0 aromatic heterocycles. The van der Waals surface area contributed by atoms with Crippen molar-refractivity contribution < 1.29 is 9.84 Å². The molecule has 0 bridgehead atoms. The van der Waals surface area contributed by atoms with E-state index in [0.29, 0.717) is 16.5 Å². The summed E-state index contributed by atoms with van der Waals surface area (Å²) in [6, 6.07) is 11.5. The second-order valence-corrected chi connectivity index (χ2v) is 5.76. The summed E-state index contributed by atoms with van der Waals surface area (Å²) in [5.41, 5.74) is 3.03. The van der Waals surface area contributed by atoms with Crippen LogP contribution in [0.1, 0.15) is 35.1 Å². The van der Waals surface area contributed by atoms with Gasteiger partial charge in [-0.2, -0.15) is 0 Å². The van der Waals surface area contributed by atoms with Gasteiger partial charge in [0.2, 0.25) is 0 Å². The summed E-state index contributed by atoms with van der Waals surface area (Å²) in [6.45, 7) is 0. The number of hydrogen-bond donors (Lipinski definition) is 1. The molecule has 4 heteroatoms. The van der Waals surface area contributed by atoms with Gasteiger partial charge in [0.25, 0.3) is 0 Å². The predicted molar refractivity (Wildman–Crippen MR) is 80.9 cm³/mol. The minimum Gasteiger partial charge on any atom is -0.496 e. The molecule has 0 aliphatic heterocycles. The van der Waals surface area contributed by atoms with Crippen molar-refractivity contribution in [2.45, 2.75) is 18.4 Å². The fourth-order valence-corrected chi connectivity index (χ4v) is 3.22. The molecule has 0 heterocycles. The van der Waals surface area contributed by atoms with Gasteiger partial charge < -0.3 is 9.84 Å². The Bertz CT molecular complexity index is 655. The van der Waals surface area contributed by atoms with Crippen LogP contribution in [-0.2, 0) is 0 Å². The molecule has 2 aromatic rings. The highest BCUT2D eigenvalue weighted by Crippen LogP contribution is 2.48. The number of benzene rings is 2. The van der Waals surface area contributed by atoms with Crippen LogP contribution >= 0.6 is 23.2 Å². The third-order valence-corrected chi connectivity index (χ3v) is 4.57. The van der Waals surface area contributed by atoms with Crippen molar-refractivity contribution in [3.8, 4) is 5.75 Å². The first-order chi connectivity index (χ1) is 9.61. The van der Waals surface area contributed by atoms with Crippen LogP contribution in [0, 0.1) is 0 Å². The number of aliphatic hydroxyl groups excluding tert-OH is 1. The van der Waals surface area contributed by atoms with Gasteiger partial charge in [-0.15, -0.1) is 0 Å². The lowest BCUT2D eigenvalue weighted by Gasteiger charge is -2.13. The lowest BCUT2D eigenvalue weighted by Crippen LogP contribution is -1.96. The summed E-state index contributed by atoms with van der Waals surface area (Å²) in [5.74, 6) is 0.849. The van der Waals surface area contributed by atoms with Crippen molar-refractivity contribution >= 4 is 23.2 Å². The second kappa shape index (κ2) is 5.28. The molecular formula is C16H14Cl2O2. The van der Waals surface area contributed by atoms with Crippen molar-refractivity contribution in [1.82, 2.24) is 0 Å². The van der Waals surface area contributed by atoms with Gasteiger partial charge in [-0.25, -0.2) is 0 Å². The molecule has 0 saturated carbocycles. The number of aliphatic hydroxyl groups is 1. The molecule has 1 N–H and O–H groups in total. The maximum atomic E-state index is 10.3. The minimum absolute atomic E-state index is 0.116. The van der Waals surface area contributed by atoms with Crippen LogP contribution in [0.15, 0.2) is 36.4 Å².